The fourth-order valence-corrected chi connectivity index (χ4v) is 2.91. The van der Waals surface area contributed by atoms with Gasteiger partial charge in [-0.2, -0.15) is 0 Å². The first-order chi connectivity index (χ1) is 8.69. The Morgan fingerprint density at radius 1 is 0.944 bits per heavy atom. The zero-order valence-corrected chi connectivity index (χ0v) is 10.6. The van der Waals surface area contributed by atoms with Crippen molar-refractivity contribution in [2.24, 2.45) is 11.8 Å². The van der Waals surface area contributed by atoms with Gasteiger partial charge in [0, 0.05) is 11.8 Å². The Hall–Kier alpha value is -0.680. The standard InChI is InChI=1S/C14H22O4/c1-3-5-11(15)9-7-17-14-10(8-18-13(9)14)12(16)6-4-2/h3-4,9-16H,1-2,5-8H2/t9-,10+,11-,12?,13-,14-/m1/s1. The van der Waals surface area contributed by atoms with Crippen LogP contribution in [0.25, 0.3) is 0 Å². The Bertz CT molecular complexity index is 274. The molecular weight excluding hydrogens is 232 g/mol. The maximum atomic E-state index is 10.0. The zero-order valence-electron chi connectivity index (χ0n) is 10.6. The lowest BCUT2D eigenvalue weighted by atomic mass is 9.88. The van der Waals surface area contributed by atoms with Gasteiger partial charge in [0.25, 0.3) is 0 Å². The van der Waals surface area contributed by atoms with Crippen LogP contribution in [-0.4, -0.2) is 47.8 Å². The van der Waals surface area contributed by atoms with Crippen molar-refractivity contribution in [3.8, 4) is 0 Å². The minimum Gasteiger partial charge on any atom is -0.392 e. The summed E-state index contributed by atoms with van der Waals surface area (Å²) in [4.78, 5) is 0. The van der Waals surface area contributed by atoms with Crippen molar-refractivity contribution < 1.29 is 19.7 Å². The molecule has 0 aromatic carbocycles. The van der Waals surface area contributed by atoms with E-state index in [1.54, 1.807) is 12.2 Å². The van der Waals surface area contributed by atoms with Crippen LogP contribution < -0.4 is 0 Å². The van der Waals surface area contributed by atoms with Crippen molar-refractivity contribution in [2.75, 3.05) is 13.2 Å². The molecule has 18 heavy (non-hydrogen) atoms. The van der Waals surface area contributed by atoms with Crippen LogP contribution in [-0.2, 0) is 9.47 Å². The Kier molecular flexibility index (Phi) is 4.56. The normalized spacial score (nSPS) is 38.1. The van der Waals surface area contributed by atoms with Crippen LogP contribution >= 0.6 is 0 Å². The third-order valence-electron chi connectivity index (χ3n) is 3.93. The minimum absolute atomic E-state index is 0.0195. The Labute approximate surface area is 108 Å². The van der Waals surface area contributed by atoms with Crippen LogP contribution in [0.4, 0.5) is 0 Å². The van der Waals surface area contributed by atoms with Gasteiger partial charge in [-0.15, -0.1) is 13.2 Å². The second-order valence-corrected chi connectivity index (χ2v) is 5.11. The number of aliphatic hydroxyl groups excluding tert-OH is 2. The third-order valence-corrected chi connectivity index (χ3v) is 3.93. The summed E-state index contributed by atoms with van der Waals surface area (Å²) in [5.74, 6) is -0.0390. The number of hydrogen-bond donors (Lipinski definition) is 2. The molecule has 4 heteroatoms. The molecule has 0 saturated carbocycles. The van der Waals surface area contributed by atoms with Crippen molar-refractivity contribution in [2.45, 2.75) is 37.3 Å². The molecule has 0 aliphatic carbocycles. The number of aliphatic hydroxyl groups is 2. The molecule has 2 heterocycles. The summed E-state index contributed by atoms with van der Waals surface area (Å²) in [5, 5.41) is 20.0. The predicted molar refractivity (Wildman–Crippen MR) is 68.1 cm³/mol. The van der Waals surface area contributed by atoms with Gasteiger partial charge < -0.3 is 19.7 Å². The fraction of sp³-hybridized carbons (Fsp3) is 0.714. The highest BCUT2D eigenvalue weighted by Gasteiger charge is 2.51. The van der Waals surface area contributed by atoms with Crippen LogP contribution in [0.3, 0.4) is 0 Å². The van der Waals surface area contributed by atoms with Gasteiger partial charge in [-0.05, 0) is 12.8 Å². The number of fused-ring (bicyclic) bond motifs is 1. The van der Waals surface area contributed by atoms with E-state index in [0.717, 1.165) is 0 Å². The average Bonchev–Trinajstić information content (AvgIpc) is 2.89. The average molecular weight is 254 g/mol. The molecule has 0 spiro atoms. The van der Waals surface area contributed by atoms with Crippen molar-refractivity contribution in [3.05, 3.63) is 25.3 Å². The summed E-state index contributed by atoms with van der Waals surface area (Å²) in [7, 11) is 0. The number of ether oxygens (including phenoxy) is 2. The van der Waals surface area contributed by atoms with E-state index < -0.39 is 12.2 Å². The van der Waals surface area contributed by atoms with E-state index in [9.17, 15) is 10.2 Å². The molecule has 0 bridgehead atoms. The van der Waals surface area contributed by atoms with Crippen LogP contribution in [0.1, 0.15) is 12.8 Å². The lowest BCUT2D eigenvalue weighted by Crippen LogP contribution is -2.35. The molecule has 0 radical (unpaired) electrons. The molecule has 0 amide bonds. The minimum atomic E-state index is -0.479. The molecule has 1 unspecified atom stereocenters. The van der Waals surface area contributed by atoms with Crippen molar-refractivity contribution >= 4 is 0 Å². The fourth-order valence-electron chi connectivity index (χ4n) is 2.91. The van der Waals surface area contributed by atoms with Gasteiger partial charge in [-0.3, -0.25) is 0 Å². The summed E-state index contributed by atoms with van der Waals surface area (Å²) >= 11 is 0. The summed E-state index contributed by atoms with van der Waals surface area (Å²) in [5.41, 5.74) is 0. The monoisotopic (exact) mass is 254 g/mol. The molecule has 2 N–H and O–H groups in total. The SMILES string of the molecule is C=CCC(O)[C@@H]1CO[C@@H]2[C@@H]([C@H](O)CC=C)CO[C@@H]21. The first kappa shape index (κ1) is 13.7. The maximum absolute atomic E-state index is 10.0. The number of hydrogen-bond acceptors (Lipinski definition) is 4. The van der Waals surface area contributed by atoms with Gasteiger partial charge >= 0.3 is 0 Å². The van der Waals surface area contributed by atoms with Gasteiger partial charge in [0.05, 0.1) is 37.6 Å². The highest BCUT2D eigenvalue weighted by molar-refractivity contribution is 4.99. The molecule has 102 valence electrons. The third kappa shape index (κ3) is 2.52. The molecule has 6 atom stereocenters. The van der Waals surface area contributed by atoms with E-state index in [-0.39, 0.29) is 24.0 Å². The maximum Gasteiger partial charge on any atom is 0.0916 e. The molecular formula is C14H22O4. The van der Waals surface area contributed by atoms with E-state index >= 15 is 0 Å². The quantitative estimate of drug-likeness (QED) is 0.691. The van der Waals surface area contributed by atoms with Gasteiger partial charge in [0.15, 0.2) is 0 Å². The van der Waals surface area contributed by atoms with Crippen LogP contribution in [0.2, 0.25) is 0 Å². The highest BCUT2D eigenvalue weighted by atomic mass is 16.6. The van der Waals surface area contributed by atoms with Gasteiger partial charge in [0.2, 0.25) is 0 Å². The van der Waals surface area contributed by atoms with Crippen LogP contribution in [0.5, 0.6) is 0 Å². The largest absolute Gasteiger partial charge is 0.392 e. The van der Waals surface area contributed by atoms with Crippen LogP contribution in [0, 0.1) is 11.8 Å². The molecule has 2 aliphatic heterocycles. The second kappa shape index (κ2) is 5.97. The Morgan fingerprint density at radius 3 is 1.67 bits per heavy atom. The molecule has 2 saturated heterocycles. The Morgan fingerprint density at radius 2 is 1.33 bits per heavy atom. The van der Waals surface area contributed by atoms with Crippen molar-refractivity contribution in [3.63, 3.8) is 0 Å². The molecule has 2 aliphatic rings. The lowest BCUT2D eigenvalue weighted by molar-refractivity contribution is -0.00113. The van der Waals surface area contributed by atoms with E-state index in [1.165, 1.54) is 0 Å². The van der Waals surface area contributed by atoms with E-state index in [0.29, 0.717) is 26.1 Å². The molecule has 0 aromatic heterocycles. The summed E-state index contributed by atoms with van der Waals surface area (Å²) in [6, 6.07) is 0. The molecule has 4 nitrogen and oxygen atoms in total. The zero-order chi connectivity index (χ0) is 13.1. The summed E-state index contributed by atoms with van der Waals surface area (Å²) < 4.78 is 11.4. The first-order valence-corrected chi connectivity index (χ1v) is 6.50. The van der Waals surface area contributed by atoms with Gasteiger partial charge in [-0.25, -0.2) is 0 Å². The Balaban J connectivity index is 1.98. The summed E-state index contributed by atoms with van der Waals surface area (Å²) in [6.07, 6.45) is 3.32. The van der Waals surface area contributed by atoms with Gasteiger partial charge in [0.1, 0.15) is 0 Å². The predicted octanol–water partition coefficient (Wildman–Crippen LogP) is 0.890. The van der Waals surface area contributed by atoms with Crippen LogP contribution in [0.15, 0.2) is 25.3 Å². The van der Waals surface area contributed by atoms with Gasteiger partial charge in [-0.1, -0.05) is 12.2 Å². The van der Waals surface area contributed by atoms with E-state index in [1.807, 2.05) is 0 Å². The van der Waals surface area contributed by atoms with Crippen molar-refractivity contribution in [1.29, 1.82) is 0 Å². The first-order valence-electron chi connectivity index (χ1n) is 6.50. The summed E-state index contributed by atoms with van der Waals surface area (Å²) in [6.45, 7) is 8.24. The molecule has 0 aromatic rings. The smallest absolute Gasteiger partial charge is 0.0916 e. The van der Waals surface area contributed by atoms with Crippen molar-refractivity contribution in [1.82, 2.24) is 0 Å². The topological polar surface area (TPSA) is 58.9 Å². The number of rotatable bonds is 6. The molecule has 2 fully saturated rings. The van der Waals surface area contributed by atoms with E-state index in [2.05, 4.69) is 13.2 Å². The molecule has 2 rings (SSSR count). The van der Waals surface area contributed by atoms with E-state index in [4.69, 9.17) is 9.47 Å². The lowest BCUT2D eigenvalue weighted by Gasteiger charge is -2.21. The second-order valence-electron chi connectivity index (χ2n) is 5.11. The highest BCUT2D eigenvalue weighted by Crippen LogP contribution is 2.38.